The van der Waals surface area contributed by atoms with Gasteiger partial charge in [-0.3, -0.25) is 4.99 Å². The molecule has 0 saturated carbocycles. The summed E-state index contributed by atoms with van der Waals surface area (Å²) in [6.45, 7) is 1.95. The quantitative estimate of drug-likeness (QED) is 0.630. The Labute approximate surface area is 164 Å². The zero-order valence-corrected chi connectivity index (χ0v) is 16.4. The monoisotopic (exact) mass is 389 g/mol. The van der Waals surface area contributed by atoms with Gasteiger partial charge in [-0.05, 0) is 47.7 Å². The van der Waals surface area contributed by atoms with E-state index in [0.29, 0.717) is 30.8 Å². The van der Waals surface area contributed by atoms with E-state index in [9.17, 15) is 8.78 Å². The Bertz CT molecular complexity index is 871. The van der Waals surface area contributed by atoms with Crippen LogP contribution in [-0.2, 0) is 19.4 Å². The van der Waals surface area contributed by atoms with Gasteiger partial charge in [-0.2, -0.15) is 0 Å². The van der Waals surface area contributed by atoms with Crippen molar-refractivity contribution in [3.05, 3.63) is 58.7 Å². The SMILES string of the molecule is CN=C(NCCc1cccc(F)c1F)N1CCc2cc(OC)c(OC)cc2C1. The minimum absolute atomic E-state index is 0.351. The molecular weight excluding hydrogens is 364 g/mol. The maximum Gasteiger partial charge on any atom is 0.193 e. The number of fused-ring (bicyclic) bond motifs is 1. The van der Waals surface area contributed by atoms with E-state index in [4.69, 9.17) is 9.47 Å². The molecule has 0 saturated heterocycles. The number of methoxy groups -OCH3 is 2. The van der Waals surface area contributed by atoms with E-state index < -0.39 is 11.6 Å². The molecule has 0 aliphatic carbocycles. The molecule has 7 heteroatoms. The Morgan fingerprint density at radius 3 is 2.54 bits per heavy atom. The molecule has 1 aliphatic heterocycles. The number of benzene rings is 2. The first-order valence-corrected chi connectivity index (χ1v) is 9.19. The van der Waals surface area contributed by atoms with Crippen LogP contribution in [0, 0.1) is 11.6 Å². The van der Waals surface area contributed by atoms with Gasteiger partial charge >= 0.3 is 0 Å². The topological polar surface area (TPSA) is 46.1 Å². The van der Waals surface area contributed by atoms with E-state index in [1.54, 1.807) is 27.3 Å². The first-order chi connectivity index (χ1) is 13.6. The molecule has 1 aliphatic rings. The third-order valence-electron chi connectivity index (χ3n) is 4.94. The molecule has 0 radical (unpaired) electrons. The van der Waals surface area contributed by atoms with Crippen molar-refractivity contribution >= 4 is 5.96 Å². The third kappa shape index (κ3) is 4.18. The molecule has 1 N–H and O–H groups in total. The Balaban J connectivity index is 1.65. The fourth-order valence-electron chi connectivity index (χ4n) is 3.45. The van der Waals surface area contributed by atoms with Crippen LogP contribution in [0.5, 0.6) is 11.5 Å². The van der Waals surface area contributed by atoms with Crippen LogP contribution in [0.1, 0.15) is 16.7 Å². The number of nitrogens with zero attached hydrogens (tertiary/aromatic N) is 2. The zero-order valence-electron chi connectivity index (χ0n) is 16.4. The van der Waals surface area contributed by atoms with Gasteiger partial charge in [0.05, 0.1) is 14.2 Å². The minimum Gasteiger partial charge on any atom is -0.493 e. The van der Waals surface area contributed by atoms with Crippen molar-refractivity contribution < 1.29 is 18.3 Å². The van der Waals surface area contributed by atoms with Crippen LogP contribution < -0.4 is 14.8 Å². The second-order valence-electron chi connectivity index (χ2n) is 6.58. The number of nitrogens with one attached hydrogen (secondary N) is 1. The Hall–Kier alpha value is -2.83. The number of aliphatic imine (C=N–C) groups is 1. The highest BCUT2D eigenvalue weighted by molar-refractivity contribution is 5.80. The molecule has 0 bridgehead atoms. The predicted octanol–water partition coefficient (Wildman–Crippen LogP) is 3.16. The summed E-state index contributed by atoms with van der Waals surface area (Å²) in [6.07, 6.45) is 1.23. The smallest absolute Gasteiger partial charge is 0.193 e. The summed E-state index contributed by atoms with van der Waals surface area (Å²) in [5, 5.41) is 3.25. The van der Waals surface area contributed by atoms with Crippen LogP contribution in [0.3, 0.4) is 0 Å². The van der Waals surface area contributed by atoms with Crippen LogP contribution >= 0.6 is 0 Å². The molecule has 1 heterocycles. The maximum absolute atomic E-state index is 13.8. The summed E-state index contributed by atoms with van der Waals surface area (Å²) in [6, 6.07) is 8.26. The molecule has 0 amide bonds. The van der Waals surface area contributed by atoms with Gasteiger partial charge < -0.3 is 19.7 Å². The molecule has 5 nitrogen and oxygen atoms in total. The molecule has 0 atom stereocenters. The fraction of sp³-hybridized carbons (Fsp3) is 0.381. The van der Waals surface area contributed by atoms with Crippen LogP contribution in [0.2, 0.25) is 0 Å². The van der Waals surface area contributed by atoms with Crippen molar-refractivity contribution in [1.29, 1.82) is 0 Å². The van der Waals surface area contributed by atoms with E-state index in [-0.39, 0.29) is 0 Å². The molecule has 0 spiro atoms. The van der Waals surface area contributed by atoms with Crippen molar-refractivity contribution in [3.8, 4) is 11.5 Å². The van der Waals surface area contributed by atoms with E-state index in [0.717, 1.165) is 36.3 Å². The molecule has 28 heavy (non-hydrogen) atoms. The van der Waals surface area contributed by atoms with Gasteiger partial charge in [-0.25, -0.2) is 8.78 Å². The summed E-state index contributed by atoms with van der Waals surface area (Å²) in [5.41, 5.74) is 2.73. The van der Waals surface area contributed by atoms with Gasteiger partial charge in [-0.1, -0.05) is 12.1 Å². The normalized spacial score (nSPS) is 13.9. The first kappa shape index (κ1) is 19.9. The van der Waals surface area contributed by atoms with Gasteiger partial charge in [0, 0.05) is 26.7 Å². The number of hydrogen-bond donors (Lipinski definition) is 1. The highest BCUT2D eigenvalue weighted by Gasteiger charge is 2.21. The van der Waals surface area contributed by atoms with Crippen LogP contribution in [-0.4, -0.2) is 45.2 Å². The van der Waals surface area contributed by atoms with Crippen molar-refractivity contribution in [3.63, 3.8) is 0 Å². The van der Waals surface area contributed by atoms with Gasteiger partial charge in [0.1, 0.15) is 0 Å². The highest BCUT2D eigenvalue weighted by Crippen LogP contribution is 2.33. The van der Waals surface area contributed by atoms with Crippen molar-refractivity contribution in [2.24, 2.45) is 4.99 Å². The van der Waals surface area contributed by atoms with Crippen LogP contribution in [0.15, 0.2) is 35.3 Å². The standard InChI is InChI=1S/C21H25F2N3O2/c1-24-21(25-9-7-14-5-4-6-17(22)20(14)23)26-10-8-15-11-18(27-2)19(28-3)12-16(15)13-26/h4-6,11-12H,7-10,13H2,1-3H3,(H,24,25). The van der Waals surface area contributed by atoms with E-state index in [1.165, 1.54) is 11.6 Å². The molecule has 2 aromatic rings. The third-order valence-corrected chi connectivity index (χ3v) is 4.94. The average molecular weight is 389 g/mol. The summed E-state index contributed by atoms with van der Waals surface area (Å²) in [5.74, 6) is 0.560. The van der Waals surface area contributed by atoms with Crippen LogP contribution in [0.25, 0.3) is 0 Å². The van der Waals surface area contributed by atoms with Gasteiger partial charge in [-0.15, -0.1) is 0 Å². The Morgan fingerprint density at radius 1 is 1.14 bits per heavy atom. The lowest BCUT2D eigenvalue weighted by Gasteiger charge is -2.32. The van der Waals surface area contributed by atoms with E-state index in [1.807, 2.05) is 12.1 Å². The van der Waals surface area contributed by atoms with Crippen molar-refractivity contribution in [1.82, 2.24) is 10.2 Å². The Morgan fingerprint density at radius 2 is 1.86 bits per heavy atom. The van der Waals surface area contributed by atoms with Gasteiger partial charge in [0.15, 0.2) is 29.1 Å². The lowest BCUT2D eigenvalue weighted by atomic mass is 9.99. The minimum atomic E-state index is -0.820. The summed E-state index contributed by atoms with van der Waals surface area (Å²) < 4.78 is 37.9. The zero-order chi connectivity index (χ0) is 20.1. The van der Waals surface area contributed by atoms with Gasteiger partial charge in [0.2, 0.25) is 0 Å². The number of ether oxygens (including phenoxy) is 2. The molecular formula is C21H25F2N3O2. The highest BCUT2D eigenvalue weighted by atomic mass is 19.2. The van der Waals surface area contributed by atoms with E-state index in [2.05, 4.69) is 15.2 Å². The summed E-state index contributed by atoms with van der Waals surface area (Å²) in [7, 11) is 4.97. The van der Waals surface area contributed by atoms with Gasteiger partial charge in [0.25, 0.3) is 0 Å². The summed E-state index contributed by atoms with van der Waals surface area (Å²) in [4.78, 5) is 6.47. The number of rotatable bonds is 5. The molecule has 2 aromatic carbocycles. The molecule has 0 aromatic heterocycles. The number of guanidine groups is 1. The lowest BCUT2D eigenvalue weighted by molar-refractivity contribution is 0.346. The fourth-order valence-corrected chi connectivity index (χ4v) is 3.45. The predicted molar refractivity (Wildman–Crippen MR) is 105 cm³/mol. The molecule has 150 valence electrons. The van der Waals surface area contributed by atoms with E-state index >= 15 is 0 Å². The second-order valence-corrected chi connectivity index (χ2v) is 6.58. The first-order valence-electron chi connectivity index (χ1n) is 9.19. The van der Waals surface area contributed by atoms with Crippen molar-refractivity contribution in [2.45, 2.75) is 19.4 Å². The van der Waals surface area contributed by atoms with Crippen LogP contribution in [0.4, 0.5) is 8.78 Å². The lowest BCUT2D eigenvalue weighted by Crippen LogP contribution is -2.44. The molecule has 0 unspecified atom stereocenters. The Kier molecular flexibility index (Phi) is 6.34. The maximum atomic E-state index is 13.8. The largest absolute Gasteiger partial charge is 0.493 e. The molecule has 3 rings (SSSR count). The number of halogens is 2. The number of hydrogen-bond acceptors (Lipinski definition) is 3. The molecule has 0 fully saturated rings. The average Bonchev–Trinajstić information content (AvgIpc) is 2.72. The summed E-state index contributed by atoms with van der Waals surface area (Å²) >= 11 is 0. The second kappa shape index (κ2) is 8.91. The van der Waals surface area contributed by atoms with Crippen molar-refractivity contribution in [2.75, 3.05) is 34.4 Å².